The smallest absolute Gasteiger partial charge is 0.191 e. The Bertz CT molecular complexity index is 500. The number of ether oxygens (including phenoxy) is 1. The van der Waals surface area contributed by atoms with Crippen LogP contribution in [0.15, 0.2) is 29.3 Å². The van der Waals surface area contributed by atoms with Gasteiger partial charge in [0, 0.05) is 17.0 Å². The van der Waals surface area contributed by atoms with Crippen molar-refractivity contribution < 1.29 is 4.74 Å². The van der Waals surface area contributed by atoms with Crippen LogP contribution in [0.2, 0.25) is 5.02 Å². The molecule has 2 rings (SSSR count). The summed E-state index contributed by atoms with van der Waals surface area (Å²) in [5, 5.41) is 7.46. The zero-order chi connectivity index (χ0) is 15.3. The quantitative estimate of drug-likeness (QED) is 0.649. The Hall–Kier alpha value is -1.26. The molecule has 1 aromatic rings. The van der Waals surface area contributed by atoms with Gasteiger partial charge in [-0.1, -0.05) is 36.7 Å². The first-order chi connectivity index (χ1) is 10.0. The summed E-state index contributed by atoms with van der Waals surface area (Å²) in [6.45, 7) is 9.51. The van der Waals surface area contributed by atoms with E-state index in [4.69, 9.17) is 16.3 Å². The van der Waals surface area contributed by atoms with Crippen LogP contribution in [0.5, 0.6) is 0 Å². The molecule has 1 unspecified atom stereocenters. The first-order valence-corrected chi connectivity index (χ1v) is 7.79. The maximum Gasteiger partial charge on any atom is 0.191 e. The van der Waals surface area contributed by atoms with Crippen molar-refractivity contribution in [3.8, 4) is 0 Å². The third kappa shape index (κ3) is 4.35. The maximum absolute atomic E-state index is 6.24. The highest BCUT2D eigenvalue weighted by Gasteiger charge is 2.33. The van der Waals surface area contributed by atoms with Gasteiger partial charge in [-0.2, -0.15) is 0 Å². The van der Waals surface area contributed by atoms with Crippen LogP contribution in [0.1, 0.15) is 32.4 Å². The fraction of sp³-hybridized carbons (Fsp3) is 0.562. The Morgan fingerprint density at radius 2 is 2.14 bits per heavy atom. The zero-order valence-corrected chi connectivity index (χ0v) is 13.7. The highest BCUT2D eigenvalue weighted by molar-refractivity contribution is 6.31. The first kappa shape index (κ1) is 16.1. The van der Waals surface area contributed by atoms with Gasteiger partial charge in [-0.25, -0.2) is 0 Å². The van der Waals surface area contributed by atoms with Gasteiger partial charge in [0.2, 0.25) is 0 Å². The van der Waals surface area contributed by atoms with Gasteiger partial charge < -0.3 is 15.4 Å². The fourth-order valence-electron chi connectivity index (χ4n) is 2.24. The molecule has 0 bridgehead atoms. The molecule has 1 aliphatic rings. The Kier molecular flexibility index (Phi) is 5.48. The highest BCUT2D eigenvalue weighted by Crippen LogP contribution is 2.26. The lowest BCUT2D eigenvalue weighted by molar-refractivity contribution is -0.0945. The molecular formula is C16H24ClN3O. The molecule has 2 N–H and O–H groups in total. The lowest BCUT2D eigenvalue weighted by Crippen LogP contribution is -2.44. The first-order valence-electron chi connectivity index (χ1n) is 7.41. The molecule has 116 valence electrons. The number of rotatable bonds is 5. The SMILES string of the molecule is CCNC(=NCC1(C)COC1)NC(C)c1ccccc1Cl. The minimum Gasteiger partial charge on any atom is -0.380 e. The minimum absolute atomic E-state index is 0.0990. The van der Waals surface area contributed by atoms with Crippen molar-refractivity contribution in [3.63, 3.8) is 0 Å². The third-order valence-electron chi connectivity index (χ3n) is 3.59. The summed E-state index contributed by atoms with van der Waals surface area (Å²) < 4.78 is 5.27. The van der Waals surface area contributed by atoms with E-state index in [9.17, 15) is 0 Å². The number of hydrogen-bond acceptors (Lipinski definition) is 2. The van der Waals surface area contributed by atoms with E-state index in [1.807, 2.05) is 24.3 Å². The van der Waals surface area contributed by atoms with Crippen LogP contribution in [-0.4, -0.2) is 32.3 Å². The van der Waals surface area contributed by atoms with E-state index in [1.54, 1.807) is 0 Å². The second-order valence-electron chi connectivity index (χ2n) is 5.89. The number of halogens is 1. The largest absolute Gasteiger partial charge is 0.380 e. The van der Waals surface area contributed by atoms with Gasteiger partial charge in [0.1, 0.15) is 0 Å². The predicted molar refractivity (Wildman–Crippen MR) is 87.9 cm³/mol. The van der Waals surface area contributed by atoms with Crippen molar-refractivity contribution in [2.45, 2.75) is 26.8 Å². The number of guanidine groups is 1. The van der Waals surface area contributed by atoms with E-state index in [1.165, 1.54) is 0 Å². The third-order valence-corrected chi connectivity index (χ3v) is 3.93. The van der Waals surface area contributed by atoms with Gasteiger partial charge in [0.25, 0.3) is 0 Å². The van der Waals surface area contributed by atoms with E-state index < -0.39 is 0 Å². The number of hydrogen-bond donors (Lipinski definition) is 2. The van der Waals surface area contributed by atoms with Crippen molar-refractivity contribution in [3.05, 3.63) is 34.9 Å². The Morgan fingerprint density at radius 3 is 2.71 bits per heavy atom. The molecule has 0 aliphatic carbocycles. The molecule has 0 radical (unpaired) electrons. The lowest BCUT2D eigenvalue weighted by Gasteiger charge is -2.36. The number of nitrogens with one attached hydrogen (secondary N) is 2. The number of aliphatic imine (C=N–C) groups is 1. The van der Waals surface area contributed by atoms with E-state index in [-0.39, 0.29) is 11.5 Å². The van der Waals surface area contributed by atoms with Crippen molar-refractivity contribution in [1.82, 2.24) is 10.6 Å². The van der Waals surface area contributed by atoms with Crippen molar-refractivity contribution in [2.24, 2.45) is 10.4 Å². The molecule has 1 fully saturated rings. The molecule has 1 saturated heterocycles. The van der Waals surface area contributed by atoms with E-state index in [0.717, 1.165) is 42.8 Å². The topological polar surface area (TPSA) is 45.7 Å². The molecule has 1 aromatic carbocycles. The van der Waals surface area contributed by atoms with Gasteiger partial charge in [-0.05, 0) is 25.5 Å². The fourth-order valence-corrected chi connectivity index (χ4v) is 2.54. The van der Waals surface area contributed by atoms with Gasteiger partial charge in [-0.15, -0.1) is 0 Å². The van der Waals surface area contributed by atoms with Crippen molar-refractivity contribution in [1.29, 1.82) is 0 Å². The van der Waals surface area contributed by atoms with Crippen LogP contribution in [0, 0.1) is 5.41 Å². The molecule has 5 heteroatoms. The average molecular weight is 310 g/mol. The second kappa shape index (κ2) is 7.14. The summed E-state index contributed by atoms with van der Waals surface area (Å²) in [7, 11) is 0. The summed E-state index contributed by atoms with van der Waals surface area (Å²) in [6.07, 6.45) is 0. The van der Waals surface area contributed by atoms with Crippen LogP contribution in [-0.2, 0) is 4.74 Å². The molecule has 0 spiro atoms. The molecule has 4 nitrogen and oxygen atoms in total. The van der Waals surface area contributed by atoms with Crippen LogP contribution in [0.25, 0.3) is 0 Å². The lowest BCUT2D eigenvalue weighted by atomic mass is 9.89. The van der Waals surface area contributed by atoms with Crippen LogP contribution in [0.3, 0.4) is 0 Å². The number of benzene rings is 1. The molecule has 0 amide bonds. The van der Waals surface area contributed by atoms with Gasteiger partial charge >= 0.3 is 0 Å². The predicted octanol–water partition coefficient (Wildman–Crippen LogP) is 2.99. The van der Waals surface area contributed by atoms with Crippen LogP contribution >= 0.6 is 11.6 Å². The summed E-state index contributed by atoms with van der Waals surface area (Å²) in [4.78, 5) is 4.67. The molecular weight excluding hydrogens is 286 g/mol. The molecule has 0 aromatic heterocycles. The van der Waals surface area contributed by atoms with E-state index in [0.29, 0.717) is 0 Å². The monoisotopic (exact) mass is 309 g/mol. The normalized spacial score (nSPS) is 18.8. The zero-order valence-electron chi connectivity index (χ0n) is 12.9. The summed E-state index contributed by atoms with van der Waals surface area (Å²) >= 11 is 6.24. The van der Waals surface area contributed by atoms with Crippen LogP contribution in [0.4, 0.5) is 0 Å². The summed E-state index contributed by atoms with van der Waals surface area (Å²) in [6, 6.07) is 7.98. The van der Waals surface area contributed by atoms with E-state index in [2.05, 4.69) is 36.4 Å². The standard InChI is InChI=1S/C16H24ClN3O/c1-4-18-15(19-9-16(3)10-21-11-16)20-12(2)13-7-5-6-8-14(13)17/h5-8,12H,4,9-11H2,1-3H3,(H2,18,19,20). The summed E-state index contributed by atoms with van der Waals surface area (Å²) in [5.41, 5.74) is 1.25. The molecule has 1 aliphatic heterocycles. The molecule has 1 atom stereocenters. The Morgan fingerprint density at radius 1 is 1.43 bits per heavy atom. The maximum atomic E-state index is 6.24. The molecule has 0 saturated carbocycles. The van der Waals surface area contributed by atoms with Gasteiger partial charge in [0.15, 0.2) is 5.96 Å². The van der Waals surface area contributed by atoms with Crippen molar-refractivity contribution >= 4 is 17.6 Å². The summed E-state index contributed by atoms with van der Waals surface area (Å²) in [5.74, 6) is 0.818. The second-order valence-corrected chi connectivity index (χ2v) is 6.29. The van der Waals surface area contributed by atoms with Gasteiger partial charge in [-0.3, -0.25) is 4.99 Å². The van der Waals surface area contributed by atoms with E-state index >= 15 is 0 Å². The molecule has 21 heavy (non-hydrogen) atoms. The van der Waals surface area contributed by atoms with Gasteiger partial charge in [0.05, 0.1) is 25.8 Å². The Labute approximate surface area is 131 Å². The Balaban J connectivity index is 2.01. The van der Waals surface area contributed by atoms with Crippen LogP contribution < -0.4 is 10.6 Å². The molecule has 1 heterocycles. The van der Waals surface area contributed by atoms with Crippen molar-refractivity contribution in [2.75, 3.05) is 26.3 Å². The highest BCUT2D eigenvalue weighted by atomic mass is 35.5. The average Bonchev–Trinajstić information content (AvgIpc) is 2.43. The minimum atomic E-state index is 0.0990. The number of nitrogens with zero attached hydrogens (tertiary/aromatic N) is 1.